The quantitative estimate of drug-likeness (QED) is 0.887. The van der Waals surface area contributed by atoms with E-state index in [1.165, 1.54) is 31.2 Å². The van der Waals surface area contributed by atoms with E-state index in [2.05, 4.69) is 29.6 Å². The Labute approximate surface area is 127 Å². The summed E-state index contributed by atoms with van der Waals surface area (Å²) in [6.07, 6.45) is 8.80. The summed E-state index contributed by atoms with van der Waals surface area (Å²) in [6.45, 7) is 1.72. The van der Waals surface area contributed by atoms with Crippen molar-refractivity contribution < 1.29 is 4.79 Å². The van der Waals surface area contributed by atoms with Gasteiger partial charge in [-0.05, 0) is 30.7 Å². The zero-order valence-electron chi connectivity index (χ0n) is 12.8. The van der Waals surface area contributed by atoms with Crippen LogP contribution in [0.5, 0.6) is 0 Å². The summed E-state index contributed by atoms with van der Waals surface area (Å²) < 4.78 is 0. The lowest BCUT2D eigenvalue weighted by molar-refractivity contribution is 0.192. The van der Waals surface area contributed by atoms with Gasteiger partial charge in [-0.1, -0.05) is 56.0 Å². The summed E-state index contributed by atoms with van der Waals surface area (Å²) >= 11 is 0. The molecular formula is C18H26N2O. The Kier molecular flexibility index (Phi) is 4.79. The molecule has 1 atom stereocenters. The highest BCUT2D eigenvalue weighted by atomic mass is 16.2. The van der Waals surface area contributed by atoms with E-state index in [9.17, 15) is 4.79 Å². The van der Waals surface area contributed by atoms with Crippen molar-refractivity contribution in [2.75, 3.05) is 13.1 Å². The summed E-state index contributed by atoms with van der Waals surface area (Å²) in [5.41, 5.74) is 1.26. The van der Waals surface area contributed by atoms with Crippen molar-refractivity contribution in [2.24, 2.45) is 5.92 Å². The average Bonchev–Trinajstić information content (AvgIpc) is 3.19. The molecule has 0 bridgehead atoms. The smallest absolute Gasteiger partial charge is 0.317 e. The third kappa shape index (κ3) is 3.58. The molecule has 2 fully saturated rings. The average molecular weight is 286 g/mol. The van der Waals surface area contributed by atoms with Crippen LogP contribution in [0, 0.1) is 5.92 Å². The summed E-state index contributed by atoms with van der Waals surface area (Å²) in [4.78, 5) is 14.4. The van der Waals surface area contributed by atoms with Crippen LogP contribution in [0.25, 0.3) is 0 Å². The predicted molar refractivity (Wildman–Crippen MR) is 85.1 cm³/mol. The minimum absolute atomic E-state index is 0.124. The number of benzene rings is 1. The standard InChI is InChI=1S/C18H26N2O/c21-18(19-13-12-15-7-4-5-8-15)20-14-6-11-17(20)16-9-2-1-3-10-16/h1-3,9-10,15,17H,4-8,11-14H2,(H,19,21). The third-order valence-corrected chi connectivity index (χ3v) is 5.00. The minimum Gasteiger partial charge on any atom is -0.338 e. The number of nitrogens with one attached hydrogen (secondary N) is 1. The lowest BCUT2D eigenvalue weighted by atomic mass is 10.0. The van der Waals surface area contributed by atoms with Crippen molar-refractivity contribution in [1.29, 1.82) is 0 Å². The Bertz CT molecular complexity index is 454. The van der Waals surface area contributed by atoms with Gasteiger partial charge < -0.3 is 10.2 Å². The van der Waals surface area contributed by atoms with Crippen molar-refractivity contribution in [3.05, 3.63) is 35.9 Å². The molecule has 0 aromatic heterocycles. The molecule has 0 radical (unpaired) electrons. The number of likely N-dealkylation sites (tertiary alicyclic amines) is 1. The molecule has 114 valence electrons. The van der Waals surface area contributed by atoms with Crippen LogP contribution in [0.3, 0.4) is 0 Å². The van der Waals surface area contributed by atoms with Crippen molar-refractivity contribution in [2.45, 2.75) is 51.0 Å². The number of nitrogens with zero attached hydrogens (tertiary/aromatic N) is 1. The van der Waals surface area contributed by atoms with E-state index in [0.717, 1.165) is 38.3 Å². The van der Waals surface area contributed by atoms with Gasteiger partial charge in [0.1, 0.15) is 0 Å². The third-order valence-electron chi connectivity index (χ3n) is 5.00. The predicted octanol–water partition coefficient (Wildman–Crippen LogP) is 4.11. The Morgan fingerprint density at radius 3 is 2.62 bits per heavy atom. The number of rotatable bonds is 4. The van der Waals surface area contributed by atoms with Gasteiger partial charge in [-0.3, -0.25) is 0 Å². The lowest BCUT2D eigenvalue weighted by Crippen LogP contribution is -2.40. The fourth-order valence-corrected chi connectivity index (χ4v) is 3.82. The second-order valence-electron chi connectivity index (χ2n) is 6.43. The van der Waals surface area contributed by atoms with Gasteiger partial charge in [-0.2, -0.15) is 0 Å². The van der Waals surface area contributed by atoms with E-state index in [1.807, 2.05) is 11.0 Å². The molecule has 1 aliphatic carbocycles. The van der Waals surface area contributed by atoms with Gasteiger partial charge in [0.2, 0.25) is 0 Å². The van der Waals surface area contributed by atoms with Gasteiger partial charge in [0.05, 0.1) is 6.04 Å². The number of hydrogen-bond donors (Lipinski definition) is 1. The molecule has 2 aliphatic rings. The summed E-state index contributed by atoms with van der Waals surface area (Å²) in [7, 11) is 0. The molecule has 1 aromatic rings. The van der Waals surface area contributed by atoms with Crippen LogP contribution < -0.4 is 5.32 Å². The van der Waals surface area contributed by atoms with Crippen LogP contribution in [0.15, 0.2) is 30.3 Å². The van der Waals surface area contributed by atoms with Crippen molar-refractivity contribution in [3.63, 3.8) is 0 Å². The molecule has 0 spiro atoms. The monoisotopic (exact) mass is 286 g/mol. The van der Waals surface area contributed by atoms with E-state index in [-0.39, 0.29) is 12.1 Å². The topological polar surface area (TPSA) is 32.3 Å². The first-order valence-corrected chi connectivity index (χ1v) is 8.44. The number of carbonyl (C=O) groups excluding carboxylic acids is 1. The molecule has 1 unspecified atom stereocenters. The normalized spacial score (nSPS) is 22.7. The first-order valence-electron chi connectivity index (χ1n) is 8.44. The molecule has 1 saturated heterocycles. The largest absolute Gasteiger partial charge is 0.338 e. The van der Waals surface area contributed by atoms with Crippen molar-refractivity contribution in [3.8, 4) is 0 Å². The van der Waals surface area contributed by atoms with Gasteiger partial charge in [0.15, 0.2) is 0 Å². The molecule has 1 saturated carbocycles. The Morgan fingerprint density at radius 1 is 1.10 bits per heavy atom. The van der Waals surface area contributed by atoms with Crippen LogP contribution in [-0.2, 0) is 0 Å². The molecule has 3 nitrogen and oxygen atoms in total. The molecule has 1 aliphatic heterocycles. The van der Waals surface area contributed by atoms with Crippen molar-refractivity contribution >= 4 is 6.03 Å². The fraction of sp³-hybridized carbons (Fsp3) is 0.611. The summed E-state index contributed by atoms with van der Waals surface area (Å²) in [5, 5.41) is 3.14. The molecule has 3 heteroatoms. The van der Waals surface area contributed by atoms with Gasteiger partial charge in [-0.15, -0.1) is 0 Å². The Hall–Kier alpha value is -1.51. The van der Waals surface area contributed by atoms with E-state index >= 15 is 0 Å². The SMILES string of the molecule is O=C(NCCC1CCCC1)N1CCCC1c1ccccc1. The first-order chi connectivity index (χ1) is 10.3. The zero-order valence-corrected chi connectivity index (χ0v) is 12.8. The van der Waals surface area contributed by atoms with Gasteiger partial charge >= 0.3 is 6.03 Å². The number of hydrogen-bond acceptors (Lipinski definition) is 1. The molecular weight excluding hydrogens is 260 g/mol. The van der Waals surface area contributed by atoms with Crippen LogP contribution in [0.4, 0.5) is 4.79 Å². The Balaban J connectivity index is 1.51. The first kappa shape index (κ1) is 14.4. The minimum atomic E-state index is 0.124. The number of urea groups is 1. The fourth-order valence-electron chi connectivity index (χ4n) is 3.82. The van der Waals surface area contributed by atoms with Crippen LogP contribution in [0.1, 0.15) is 56.6 Å². The van der Waals surface area contributed by atoms with E-state index in [1.54, 1.807) is 0 Å². The maximum Gasteiger partial charge on any atom is 0.317 e. The maximum absolute atomic E-state index is 12.4. The number of amides is 2. The van der Waals surface area contributed by atoms with Crippen LogP contribution in [0.2, 0.25) is 0 Å². The van der Waals surface area contributed by atoms with E-state index in [0.29, 0.717) is 0 Å². The maximum atomic E-state index is 12.4. The van der Waals surface area contributed by atoms with Gasteiger partial charge in [-0.25, -0.2) is 4.79 Å². The summed E-state index contributed by atoms with van der Waals surface area (Å²) in [6, 6.07) is 10.8. The highest BCUT2D eigenvalue weighted by molar-refractivity contribution is 5.75. The zero-order chi connectivity index (χ0) is 14.5. The second-order valence-corrected chi connectivity index (χ2v) is 6.43. The van der Waals surface area contributed by atoms with Crippen LogP contribution in [-0.4, -0.2) is 24.0 Å². The highest BCUT2D eigenvalue weighted by Gasteiger charge is 2.29. The molecule has 3 rings (SSSR count). The van der Waals surface area contributed by atoms with E-state index in [4.69, 9.17) is 0 Å². The second kappa shape index (κ2) is 6.97. The molecule has 2 amide bonds. The summed E-state index contributed by atoms with van der Waals surface area (Å²) in [5.74, 6) is 0.841. The molecule has 1 heterocycles. The lowest BCUT2D eigenvalue weighted by Gasteiger charge is -2.25. The van der Waals surface area contributed by atoms with Crippen LogP contribution >= 0.6 is 0 Å². The molecule has 1 N–H and O–H groups in total. The van der Waals surface area contributed by atoms with Crippen molar-refractivity contribution in [1.82, 2.24) is 10.2 Å². The van der Waals surface area contributed by atoms with Gasteiger partial charge in [0.25, 0.3) is 0 Å². The molecule has 21 heavy (non-hydrogen) atoms. The van der Waals surface area contributed by atoms with Gasteiger partial charge in [0, 0.05) is 13.1 Å². The highest BCUT2D eigenvalue weighted by Crippen LogP contribution is 2.31. The Morgan fingerprint density at radius 2 is 1.86 bits per heavy atom. The number of carbonyl (C=O) groups is 1. The van der Waals surface area contributed by atoms with E-state index < -0.39 is 0 Å². The molecule has 1 aromatic carbocycles.